The molecule has 0 aliphatic heterocycles. The maximum atomic E-state index is 12.1. The molecule has 0 saturated heterocycles. The van der Waals surface area contributed by atoms with E-state index in [9.17, 15) is 4.79 Å². The van der Waals surface area contributed by atoms with Crippen molar-refractivity contribution >= 4 is 43.5 Å². The Kier molecular flexibility index (Phi) is 6.51. The van der Waals surface area contributed by atoms with Crippen molar-refractivity contribution in [3.8, 4) is 17.2 Å². The van der Waals surface area contributed by atoms with Crippen molar-refractivity contribution in [2.75, 3.05) is 26.1 Å². The minimum atomic E-state index is -0.293. The van der Waals surface area contributed by atoms with Gasteiger partial charge in [-0.2, -0.15) is 0 Å². The third-order valence-corrected chi connectivity index (χ3v) is 4.76. The number of carbonyl (C=O) groups excluding carboxylic acids is 1. The molecule has 0 bridgehead atoms. The fourth-order valence-electron chi connectivity index (χ4n) is 2.00. The average molecular weight is 459 g/mol. The highest BCUT2D eigenvalue weighted by Gasteiger charge is 2.13. The zero-order valence-corrected chi connectivity index (χ0v) is 16.7. The van der Waals surface area contributed by atoms with Crippen molar-refractivity contribution in [1.82, 2.24) is 0 Å². The lowest BCUT2D eigenvalue weighted by Gasteiger charge is -2.14. The normalized spacial score (nSPS) is 10.2. The van der Waals surface area contributed by atoms with Gasteiger partial charge in [0.25, 0.3) is 5.91 Å². The first-order valence-corrected chi connectivity index (χ1v) is 8.63. The van der Waals surface area contributed by atoms with Crippen molar-refractivity contribution in [2.45, 2.75) is 6.92 Å². The van der Waals surface area contributed by atoms with Crippen LogP contribution < -0.4 is 19.5 Å². The molecule has 0 aromatic heterocycles. The highest BCUT2D eigenvalue weighted by atomic mass is 79.9. The van der Waals surface area contributed by atoms with Crippen LogP contribution in [-0.2, 0) is 4.79 Å². The summed E-state index contributed by atoms with van der Waals surface area (Å²) < 4.78 is 17.7. The summed E-state index contributed by atoms with van der Waals surface area (Å²) in [5, 5.41) is 2.76. The second-order valence-electron chi connectivity index (χ2n) is 4.93. The molecule has 7 heteroatoms. The van der Waals surface area contributed by atoms with Crippen molar-refractivity contribution in [3.63, 3.8) is 0 Å². The first-order valence-electron chi connectivity index (χ1n) is 7.05. The van der Waals surface area contributed by atoms with Gasteiger partial charge in [0.05, 0.1) is 24.4 Å². The number of ether oxygens (including phenoxy) is 3. The van der Waals surface area contributed by atoms with E-state index in [-0.39, 0.29) is 12.5 Å². The molecular weight excluding hydrogens is 442 g/mol. The number of nitrogens with one attached hydrogen (secondary N) is 1. The predicted molar refractivity (Wildman–Crippen MR) is 100 cm³/mol. The van der Waals surface area contributed by atoms with E-state index in [0.29, 0.717) is 22.9 Å². The smallest absolute Gasteiger partial charge is 0.262 e. The number of hydrogen-bond acceptors (Lipinski definition) is 4. The van der Waals surface area contributed by atoms with Crippen molar-refractivity contribution < 1.29 is 19.0 Å². The maximum absolute atomic E-state index is 12.1. The number of aryl methyl sites for hydroxylation is 1. The number of amides is 1. The second-order valence-corrected chi connectivity index (χ2v) is 6.64. The molecule has 128 valence electrons. The molecule has 1 N–H and O–H groups in total. The highest BCUT2D eigenvalue weighted by Crippen LogP contribution is 2.36. The van der Waals surface area contributed by atoms with Crippen LogP contribution in [0.2, 0.25) is 0 Å². The Bertz CT molecular complexity index is 750. The summed E-state index contributed by atoms with van der Waals surface area (Å²) in [4.78, 5) is 12.1. The monoisotopic (exact) mass is 457 g/mol. The van der Waals surface area contributed by atoms with Gasteiger partial charge < -0.3 is 19.5 Å². The molecule has 0 spiro atoms. The molecule has 0 radical (unpaired) electrons. The van der Waals surface area contributed by atoms with E-state index in [4.69, 9.17) is 14.2 Å². The lowest BCUT2D eigenvalue weighted by atomic mass is 10.2. The van der Waals surface area contributed by atoms with E-state index in [1.54, 1.807) is 25.3 Å². The maximum Gasteiger partial charge on any atom is 0.262 e. The van der Waals surface area contributed by atoms with Crippen LogP contribution in [0, 0.1) is 6.92 Å². The highest BCUT2D eigenvalue weighted by molar-refractivity contribution is 9.10. The SMILES string of the molecule is COc1cc(NC(=O)COc2ccc(Br)c(C)c2)c(OC)cc1Br. The minimum Gasteiger partial charge on any atom is -0.495 e. The summed E-state index contributed by atoms with van der Waals surface area (Å²) in [6, 6.07) is 8.96. The van der Waals surface area contributed by atoms with Crippen LogP contribution >= 0.6 is 31.9 Å². The minimum absolute atomic E-state index is 0.109. The molecule has 0 aliphatic carbocycles. The van der Waals surface area contributed by atoms with Crippen LogP contribution in [0.1, 0.15) is 5.56 Å². The van der Waals surface area contributed by atoms with Gasteiger partial charge in [0.15, 0.2) is 6.61 Å². The Labute approximate surface area is 157 Å². The van der Waals surface area contributed by atoms with Gasteiger partial charge in [0, 0.05) is 16.6 Å². The molecule has 1 amide bonds. The molecule has 24 heavy (non-hydrogen) atoms. The third kappa shape index (κ3) is 4.64. The van der Waals surface area contributed by atoms with E-state index >= 15 is 0 Å². The molecule has 2 rings (SSSR count). The fraction of sp³-hybridized carbons (Fsp3) is 0.235. The number of carbonyl (C=O) groups is 1. The third-order valence-electron chi connectivity index (χ3n) is 3.25. The predicted octanol–water partition coefficient (Wildman–Crippen LogP) is 4.55. The zero-order valence-electron chi connectivity index (χ0n) is 13.5. The Hall–Kier alpha value is -1.73. The van der Waals surface area contributed by atoms with E-state index in [2.05, 4.69) is 37.2 Å². The largest absolute Gasteiger partial charge is 0.495 e. The Balaban J connectivity index is 2.05. The van der Waals surface area contributed by atoms with Gasteiger partial charge in [0.2, 0.25) is 0 Å². The summed E-state index contributed by atoms with van der Waals surface area (Å²) in [6.45, 7) is 1.85. The number of rotatable bonds is 6. The summed E-state index contributed by atoms with van der Waals surface area (Å²) >= 11 is 6.80. The van der Waals surface area contributed by atoms with E-state index < -0.39 is 0 Å². The van der Waals surface area contributed by atoms with Crippen LogP contribution in [0.15, 0.2) is 39.3 Å². The molecular formula is C17H17Br2NO4. The molecule has 0 aliphatic rings. The summed E-state index contributed by atoms with van der Waals surface area (Å²) in [6.07, 6.45) is 0. The Morgan fingerprint density at radius 3 is 2.38 bits per heavy atom. The number of halogens is 2. The van der Waals surface area contributed by atoms with Crippen LogP contribution in [0.4, 0.5) is 5.69 Å². The number of methoxy groups -OCH3 is 2. The van der Waals surface area contributed by atoms with Gasteiger partial charge in [0.1, 0.15) is 17.2 Å². The quantitative estimate of drug-likeness (QED) is 0.689. The van der Waals surface area contributed by atoms with Gasteiger partial charge in [-0.1, -0.05) is 15.9 Å². The van der Waals surface area contributed by atoms with Crippen molar-refractivity contribution in [1.29, 1.82) is 0 Å². The molecule has 0 fully saturated rings. The lowest BCUT2D eigenvalue weighted by molar-refractivity contribution is -0.118. The van der Waals surface area contributed by atoms with Gasteiger partial charge >= 0.3 is 0 Å². The number of anilines is 1. The van der Waals surface area contributed by atoms with Gasteiger partial charge in [-0.15, -0.1) is 0 Å². The van der Waals surface area contributed by atoms with E-state index in [1.165, 1.54) is 7.11 Å². The van der Waals surface area contributed by atoms with Crippen molar-refractivity contribution in [3.05, 3.63) is 44.8 Å². The number of hydrogen-bond donors (Lipinski definition) is 1. The molecule has 0 heterocycles. The van der Waals surface area contributed by atoms with Crippen LogP contribution in [0.3, 0.4) is 0 Å². The Morgan fingerprint density at radius 1 is 1.04 bits per heavy atom. The van der Waals surface area contributed by atoms with E-state index in [1.807, 2.05) is 19.1 Å². The first-order chi connectivity index (χ1) is 11.4. The van der Waals surface area contributed by atoms with Gasteiger partial charge in [-0.25, -0.2) is 0 Å². The summed E-state index contributed by atoms with van der Waals surface area (Å²) in [5.41, 5.74) is 1.55. The lowest BCUT2D eigenvalue weighted by Crippen LogP contribution is -2.20. The zero-order chi connectivity index (χ0) is 17.7. The fourth-order valence-corrected chi connectivity index (χ4v) is 2.73. The second kappa shape index (κ2) is 8.39. The van der Waals surface area contributed by atoms with Crippen LogP contribution in [0.5, 0.6) is 17.2 Å². The molecule has 0 unspecified atom stereocenters. The van der Waals surface area contributed by atoms with Crippen molar-refractivity contribution in [2.24, 2.45) is 0 Å². The average Bonchev–Trinajstić information content (AvgIpc) is 2.57. The number of benzene rings is 2. The molecule has 2 aromatic rings. The molecule has 0 saturated carbocycles. The van der Waals surface area contributed by atoms with Gasteiger partial charge in [-0.05, 0) is 46.6 Å². The first kappa shape index (κ1) is 18.6. The standard InChI is InChI=1S/C17H17Br2NO4/c1-10-6-11(4-5-12(10)18)24-9-17(21)20-14-8-15(22-2)13(19)7-16(14)23-3/h4-8H,9H2,1-3H3,(H,20,21). The van der Waals surface area contributed by atoms with Crippen LogP contribution in [0.25, 0.3) is 0 Å². The summed E-state index contributed by atoms with van der Waals surface area (Å²) in [7, 11) is 3.09. The summed E-state index contributed by atoms with van der Waals surface area (Å²) in [5.74, 6) is 1.45. The van der Waals surface area contributed by atoms with E-state index in [0.717, 1.165) is 14.5 Å². The van der Waals surface area contributed by atoms with Gasteiger partial charge in [-0.3, -0.25) is 4.79 Å². The molecule has 0 atom stereocenters. The molecule has 5 nitrogen and oxygen atoms in total. The van der Waals surface area contributed by atoms with Crippen LogP contribution in [-0.4, -0.2) is 26.7 Å². The topological polar surface area (TPSA) is 56.8 Å². The molecule has 2 aromatic carbocycles. The Morgan fingerprint density at radius 2 is 1.75 bits per heavy atom.